The molecule has 9 heteroatoms. The highest BCUT2D eigenvalue weighted by Gasteiger charge is 2.42. The van der Waals surface area contributed by atoms with E-state index in [0.717, 1.165) is 39.6 Å². The Morgan fingerprint density at radius 1 is 1.02 bits per heavy atom. The van der Waals surface area contributed by atoms with E-state index in [1.54, 1.807) is 18.3 Å². The van der Waals surface area contributed by atoms with Crippen LogP contribution in [0.5, 0.6) is 0 Å². The molecule has 3 N–H and O–H groups in total. The van der Waals surface area contributed by atoms with E-state index in [0.29, 0.717) is 10.8 Å². The van der Waals surface area contributed by atoms with E-state index in [-0.39, 0.29) is 29.5 Å². The summed E-state index contributed by atoms with van der Waals surface area (Å²) in [5.74, 6) is -1.15. The van der Waals surface area contributed by atoms with Crippen LogP contribution in [0.4, 0.5) is 11.4 Å². The van der Waals surface area contributed by atoms with E-state index in [1.807, 2.05) is 87.7 Å². The number of carbonyl (C=O) groups is 2. The van der Waals surface area contributed by atoms with Crippen LogP contribution in [0.15, 0.2) is 72.9 Å². The van der Waals surface area contributed by atoms with Gasteiger partial charge in [-0.2, -0.15) is 0 Å². The Hall–Kier alpha value is -4.50. The molecule has 1 aliphatic heterocycles. The number of aryl methyl sites for hydroxylation is 2. The minimum absolute atomic E-state index is 0.0404. The number of thiocarbonyl (C=S) groups is 1. The number of carbonyl (C=O) groups excluding carboxylic acids is 1. The minimum atomic E-state index is -0.980. The van der Waals surface area contributed by atoms with Gasteiger partial charge in [-0.25, -0.2) is 4.79 Å². The molecule has 0 bridgehead atoms. The summed E-state index contributed by atoms with van der Waals surface area (Å²) in [5.41, 5.74) is 7.05. The molecular formula is C32H33N5O3S. The van der Waals surface area contributed by atoms with Crippen molar-refractivity contribution in [1.82, 2.24) is 14.9 Å². The number of hydrogen-bond donors (Lipinski definition) is 3. The SMILES string of the molecule is Cc1cc(N2C(=S)N[C@@H](c3ccccn3)[C@@H]2c2cc(C)n(-c3ccccc3C(=O)O)c2C)ccc1NC(=O)C(C)C. The van der Waals surface area contributed by atoms with Crippen molar-refractivity contribution in [2.24, 2.45) is 5.92 Å². The molecule has 4 aromatic rings. The fourth-order valence-corrected chi connectivity index (χ4v) is 5.82. The molecule has 2 atom stereocenters. The number of nitrogens with zero attached hydrogens (tertiary/aromatic N) is 3. The second kappa shape index (κ2) is 11.2. The molecule has 0 unspecified atom stereocenters. The fraction of sp³-hybridized carbons (Fsp3) is 0.250. The average molecular weight is 568 g/mol. The summed E-state index contributed by atoms with van der Waals surface area (Å²) in [5, 5.41) is 16.9. The number of carboxylic acids is 1. The predicted molar refractivity (Wildman–Crippen MR) is 165 cm³/mol. The Kier molecular flexibility index (Phi) is 7.64. The molecule has 0 saturated carbocycles. The van der Waals surface area contributed by atoms with E-state index in [1.165, 1.54) is 0 Å². The Morgan fingerprint density at radius 3 is 2.41 bits per heavy atom. The fourth-order valence-electron chi connectivity index (χ4n) is 5.47. The van der Waals surface area contributed by atoms with E-state index in [9.17, 15) is 14.7 Å². The van der Waals surface area contributed by atoms with Gasteiger partial charge in [0.05, 0.1) is 29.0 Å². The van der Waals surface area contributed by atoms with Gasteiger partial charge in [0.25, 0.3) is 0 Å². The highest BCUT2D eigenvalue weighted by Crippen LogP contribution is 2.44. The number of rotatable bonds is 7. The second-order valence-electron chi connectivity index (χ2n) is 10.6. The maximum absolute atomic E-state index is 12.4. The summed E-state index contributed by atoms with van der Waals surface area (Å²) < 4.78 is 1.99. The molecule has 1 aliphatic rings. The van der Waals surface area contributed by atoms with E-state index in [4.69, 9.17) is 12.2 Å². The van der Waals surface area contributed by atoms with Gasteiger partial charge in [0, 0.05) is 34.9 Å². The Bertz CT molecular complexity index is 1650. The third kappa shape index (κ3) is 5.20. The number of benzene rings is 2. The summed E-state index contributed by atoms with van der Waals surface area (Å²) in [7, 11) is 0. The summed E-state index contributed by atoms with van der Waals surface area (Å²) in [4.78, 5) is 31.2. The molecule has 0 aliphatic carbocycles. The average Bonchev–Trinajstić information content (AvgIpc) is 3.44. The van der Waals surface area contributed by atoms with Gasteiger partial charge in [0.2, 0.25) is 5.91 Å². The normalized spacial score (nSPS) is 16.6. The lowest BCUT2D eigenvalue weighted by Crippen LogP contribution is -2.29. The molecule has 2 aromatic carbocycles. The largest absolute Gasteiger partial charge is 0.478 e. The van der Waals surface area contributed by atoms with Crippen molar-refractivity contribution >= 4 is 40.6 Å². The van der Waals surface area contributed by atoms with Crippen LogP contribution in [0.3, 0.4) is 0 Å². The summed E-state index contributed by atoms with van der Waals surface area (Å²) in [6, 6.07) is 20.3. The highest BCUT2D eigenvalue weighted by atomic mass is 32.1. The number of aromatic carboxylic acids is 1. The van der Waals surface area contributed by atoms with E-state index in [2.05, 4.69) is 26.6 Å². The number of pyridine rings is 1. The standard InChI is InChI=1S/C32H33N5O3S/c1-18(2)30(38)34-25-14-13-22(16-19(25)3)37-29(28(35-32(37)41)26-11-8-9-15-33-26)24-17-20(4)36(21(24)5)27-12-7-6-10-23(27)31(39)40/h6-18,28-29H,1-5H3,(H,34,38)(H,35,41)(H,39,40)/t28-,29-/m0/s1. The third-order valence-corrected chi connectivity index (χ3v) is 7.85. The number of amides is 1. The van der Waals surface area contributed by atoms with Crippen LogP contribution >= 0.6 is 12.2 Å². The lowest BCUT2D eigenvalue weighted by molar-refractivity contribution is -0.118. The van der Waals surface area contributed by atoms with Crippen molar-refractivity contribution in [3.63, 3.8) is 0 Å². The third-order valence-electron chi connectivity index (χ3n) is 7.53. The molecular weight excluding hydrogens is 534 g/mol. The van der Waals surface area contributed by atoms with E-state index < -0.39 is 5.97 Å². The van der Waals surface area contributed by atoms with Crippen molar-refractivity contribution in [3.8, 4) is 5.69 Å². The number of para-hydroxylation sites is 1. The van der Waals surface area contributed by atoms with Gasteiger partial charge in [-0.05, 0) is 92.6 Å². The zero-order valence-electron chi connectivity index (χ0n) is 23.7. The maximum atomic E-state index is 12.4. The zero-order valence-corrected chi connectivity index (χ0v) is 24.5. The lowest BCUT2D eigenvalue weighted by atomic mass is 9.96. The first kappa shape index (κ1) is 28.0. The Balaban J connectivity index is 1.65. The van der Waals surface area contributed by atoms with Crippen LogP contribution in [-0.4, -0.2) is 31.6 Å². The molecule has 3 heterocycles. The van der Waals surface area contributed by atoms with Gasteiger partial charge in [-0.15, -0.1) is 0 Å². The van der Waals surface area contributed by atoms with Crippen molar-refractivity contribution < 1.29 is 14.7 Å². The molecule has 2 aromatic heterocycles. The summed E-state index contributed by atoms with van der Waals surface area (Å²) in [6.07, 6.45) is 1.77. The quantitative estimate of drug-likeness (QED) is 0.227. The van der Waals surface area contributed by atoms with Gasteiger partial charge in [0.1, 0.15) is 0 Å². The topological polar surface area (TPSA) is 99.5 Å². The van der Waals surface area contributed by atoms with Gasteiger partial charge >= 0.3 is 5.97 Å². The van der Waals surface area contributed by atoms with Crippen molar-refractivity contribution in [2.75, 3.05) is 10.2 Å². The second-order valence-corrected chi connectivity index (χ2v) is 11.0. The first-order chi connectivity index (χ1) is 19.6. The molecule has 0 radical (unpaired) electrons. The van der Waals surface area contributed by atoms with Crippen LogP contribution in [0.25, 0.3) is 5.69 Å². The first-order valence-electron chi connectivity index (χ1n) is 13.5. The van der Waals surface area contributed by atoms with Crippen LogP contribution in [-0.2, 0) is 4.79 Å². The van der Waals surface area contributed by atoms with Crippen LogP contribution in [0.2, 0.25) is 0 Å². The summed E-state index contributed by atoms with van der Waals surface area (Å²) in [6.45, 7) is 9.67. The summed E-state index contributed by atoms with van der Waals surface area (Å²) >= 11 is 5.92. The number of hydrogen-bond acceptors (Lipinski definition) is 4. The number of carboxylic acid groups (broad SMARTS) is 1. The zero-order chi connectivity index (χ0) is 29.4. The van der Waals surface area contributed by atoms with Crippen LogP contribution in [0.1, 0.15) is 64.5 Å². The van der Waals surface area contributed by atoms with Crippen LogP contribution < -0.4 is 15.5 Å². The molecule has 1 fully saturated rings. The lowest BCUT2D eigenvalue weighted by Gasteiger charge is -2.29. The van der Waals surface area contributed by atoms with Gasteiger partial charge in [0.15, 0.2) is 5.11 Å². The first-order valence-corrected chi connectivity index (χ1v) is 13.9. The molecule has 0 spiro atoms. The molecule has 5 rings (SSSR count). The minimum Gasteiger partial charge on any atom is -0.478 e. The van der Waals surface area contributed by atoms with Gasteiger partial charge in [-0.3, -0.25) is 9.78 Å². The van der Waals surface area contributed by atoms with Gasteiger partial charge in [-0.1, -0.05) is 32.0 Å². The molecule has 41 heavy (non-hydrogen) atoms. The van der Waals surface area contributed by atoms with Crippen molar-refractivity contribution in [3.05, 3.63) is 107 Å². The maximum Gasteiger partial charge on any atom is 0.337 e. The molecule has 1 amide bonds. The molecule has 1 saturated heterocycles. The van der Waals surface area contributed by atoms with E-state index >= 15 is 0 Å². The van der Waals surface area contributed by atoms with Crippen molar-refractivity contribution in [2.45, 2.75) is 46.7 Å². The predicted octanol–water partition coefficient (Wildman–Crippen LogP) is 6.27. The highest BCUT2D eigenvalue weighted by molar-refractivity contribution is 7.80. The molecule has 8 nitrogen and oxygen atoms in total. The van der Waals surface area contributed by atoms with Gasteiger partial charge < -0.3 is 25.2 Å². The Morgan fingerprint density at radius 2 is 1.76 bits per heavy atom. The monoisotopic (exact) mass is 567 g/mol. The Labute approximate surface area is 245 Å². The number of nitrogens with one attached hydrogen (secondary N) is 2. The number of anilines is 2. The molecule has 210 valence electrons. The van der Waals surface area contributed by atoms with Crippen molar-refractivity contribution in [1.29, 1.82) is 0 Å². The van der Waals surface area contributed by atoms with Crippen LogP contribution in [0, 0.1) is 26.7 Å². The number of aromatic nitrogens is 2. The smallest absolute Gasteiger partial charge is 0.337 e.